The molecule has 0 radical (unpaired) electrons. The molecule has 1 aliphatic heterocycles. The molecule has 1 saturated heterocycles. The predicted molar refractivity (Wildman–Crippen MR) is 147 cm³/mol. The average Bonchev–Trinajstić information content (AvgIpc) is 2.87. The average molecular weight is 527 g/mol. The summed E-state index contributed by atoms with van der Waals surface area (Å²) in [5, 5.41) is 1.22. The summed E-state index contributed by atoms with van der Waals surface area (Å²) in [6, 6.07) is 0. The quantitative estimate of drug-likeness (QED) is 0.354. The van der Waals surface area contributed by atoms with E-state index in [9.17, 15) is 14.4 Å². The van der Waals surface area contributed by atoms with E-state index < -0.39 is 18.4 Å². The van der Waals surface area contributed by atoms with Crippen molar-refractivity contribution in [1.82, 2.24) is 14.9 Å². The van der Waals surface area contributed by atoms with Gasteiger partial charge >= 0.3 is 6.09 Å². The van der Waals surface area contributed by atoms with Crippen molar-refractivity contribution in [2.24, 2.45) is 23.5 Å². The zero-order valence-electron chi connectivity index (χ0n) is 24.3. The molecular formula is C28H54N4O5. The van der Waals surface area contributed by atoms with Gasteiger partial charge in [0.1, 0.15) is 12.5 Å². The molecule has 0 aromatic heterocycles. The molecule has 1 saturated carbocycles. The van der Waals surface area contributed by atoms with Crippen molar-refractivity contribution in [1.29, 1.82) is 0 Å². The zero-order chi connectivity index (χ0) is 27.8. The minimum absolute atomic E-state index is 0.0783. The first-order chi connectivity index (χ1) is 17.7. The van der Waals surface area contributed by atoms with Crippen LogP contribution in [0.25, 0.3) is 0 Å². The molecule has 0 aromatic carbocycles. The Balaban J connectivity index is 0.00000124. The lowest BCUT2D eigenvalue weighted by molar-refractivity contribution is -0.257. The van der Waals surface area contributed by atoms with Crippen LogP contribution in [0.4, 0.5) is 4.79 Å². The maximum Gasteiger partial charge on any atom is 0.436 e. The van der Waals surface area contributed by atoms with E-state index >= 15 is 0 Å². The molecule has 37 heavy (non-hydrogen) atoms. The summed E-state index contributed by atoms with van der Waals surface area (Å²) in [6.07, 6.45) is 8.24. The van der Waals surface area contributed by atoms with Crippen LogP contribution >= 0.6 is 0 Å². The Morgan fingerprint density at radius 3 is 2.41 bits per heavy atom. The van der Waals surface area contributed by atoms with Crippen molar-refractivity contribution in [2.75, 3.05) is 39.8 Å². The minimum Gasteiger partial charge on any atom is -0.448 e. The molecule has 2 aliphatic rings. The molecule has 9 heteroatoms. The van der Waals surface area contributed by atoms with Crippen molar-refractivity contribution in [3.05, 3.63) is 0 Å². The van der Waals surface area contributed by atoms with E-state index in [-0.39, 0.29) is 18.4 Å². The number of ether oxygens (including phenoxy) is 1. The number of nitrogens with two attached hydrogens (primary N) is 1. The fourth-order valence-electron chi connectivity index (χ4n) is 4.74. The Morgan fingerprint density at radius 1 is 1.22 bits per heavy atom. The molecule has 3 unspecified atom stereocenters. The van der Waals surface area contributed by atoms with Gasteiger partial charge in [-0.2, -0.15) is 5.06 Å². The highest BCUT2D eigenvalue weighted by molar-refractivity contribution is 5.84. The van der Waals surface area contributed by atoms with Gasteiger partial charge in [-0.25, -0.2) is 4.79 Å². The van der Waals surface area contributed by atoms with E-state index in [1.54, 1.807) is 0 Å². The number of unbranched alkanes of at least 4 members (excludes halogenated alkanes) is 1. The largest absolute Gasteiger partial charge is 0.448 e. The number of amides is 2. The molecule has 0 bridgehead atoms. The van der Waals surface area contributed by atoms with Gasteiger partial charge < -0.3 is 25.1 Å². The van der Waals surface area contributed by atoms with Crippen LogP contribution in [0.5, 0.6) is 0 Å². The molecule has 1 heterocycles. The summed E-state index contributed by atoms with van der Waals surface area (Å²) in [5.74, 6) is 0.805. The number of carbonyl (C=O) groups excluding carboxylic acids is 3. The maximum atomic E-state index is 13.1. The van der Waals surface area contributed by atoms with Crippen molar-refractivity contribution < 1.29 is 24.0 Å². The second-order valence-corrected chi connectivity index (χ2v) is 11.1. The molecule has 216 valence electrons. The number of likely N-dealkylation sites (N-methyl/N-ethyl adjacent to an activating group) is 1. The lowest BCUT2D eigenvalue weighted by Crippen LogP contribution is -2.65. The van der Waals surface area contributed by atoms with Crippen molar-refractivity contribution in [3.8, 4) is 0 Å². The van der Waals surface area contributed by atoms with E-state index in [2.05, 4.69) is 25.7 Å². The summed E-state index contributed by atoms with van der Waals surface area (Å²) in [7, 11) is 1.96. The third-order valence-electron chi connectivity index (χ3n) is 7.09. The lowest BCUT2D eigenvalue weighted by atomic mass is 9.90. The van der Waals surface area contributed by atoms with Crippen LogP contribution in [-0.4, -0.2) is 85.3 Å². The highest BCUT2D eigenvalue weighted by Crippen LogP contribution is 2.27. The second-order valence-electron chi connectivity index (χ2n) is 11.1. The minimum atomic E-state index is -0.798. The normalized spacial score (nSPS) is 21.6. The van der Waals surface area contributed by atoms with Crippen LogP contribution in [0.1, 0.15) is 92.4 Å². The molecule has 3 atom stereocenters. The Morgan fingerprint density at radius 2 is 1.89 bits per heavy atom. The Hall–Kier alpha value is -1.71. The highest BCUT2D eigenvalue weighted by atomic mass is 16.7. The number of carbonyl (C=O) groups is 3. The summed E-state index contributed by atoms with van der Waals surface area (Å²) in [6.45, 7) is 12.8. The number of nitrogens with zero attached hydrogens (tertiary/aromatic N) is 3. The van der Waals surface area contributed by atoms with Gasteiger partial charge in [0.25, 0.3) is 5.91 Å². The fourth-order valence-corrected chi connectivity index (χ4v) is 4.74. The fraction of sp³-hybridized carbons (Fsp3) is 0.893. The van der Waals surface area contributed by atoms with Crippen molar-refractivity contribution in [2.45, 2.75) is 105 Å². The van der Waals surface area contributed by atoms with E-state index in [1.807, 2.05) is 20.9 Å². The highest BCUT2D eigenvalue weighted by Gasteiger charge is 2.45. The lowest BCUT2D eigenvalue weighted by Gasteiger charge is -2.45. The third-order valence-corrected chi connectivity index (χ3v) is 7.09. The van der Waals surface area contributed by atoms with E-state index in [0.717, 1.165) is 32.4 Å². The summed E-state index contributed by atoms with van der Waals surface area (Å²) in [5.41, 5.74) is 5.14. The number of hydroxylamine groups is 2. The van der Waals surface area contributed by atoms with Gasteiger partial charge in [-0.1, -0.05) is 66.7 Å². The van der Waals surface area contributed by atoms with Crippen LogP contribution in [0.3, 0.4) is 0 Å². The van der Waals surface area contributed by atoms with E-state index in [4.69, 9.17) is 15.3 Å². The van der Waals surface area contributed by atoms with Gasteiger partial charge in [0.2, 0.25) is 0 Å². The van der Waals surface area contributed by atoms with Crippen LogP contribution in [0, 0.1) is 17.8 Å². The molecule has 2 N–H and O–H groups in total. The Labute approximate surface area is 225 Å². The standard InChI is InChI=1S/C24H43N3O5.C4H11N/c1-6-19(4)15-25(5)16-22-26(12-13-28)23(29)21(14-18(2)3)32-27(22)24(30)31-17-20-10-8-7-9-11-20;1-2-3-4-5/h13,18-22H,6-12,14-17H2,1-5H3;2-5H2,1H3. The topological polar surface area (TPSA) is 105 Å². The summed E-state index contributed by atoms with van der Waals surface area (Å²) >= 11 is 0. The van der Waals surface area contributed by atoms with Gasteiger partial charge in [0.15, 0.2) is 6.10 Å². The Kier molecular flexibility index (Phi) is 16.7. The van der Waals surface area contributed by atoms with Crippen LogP contribution in [0.2, 0.25) is 0 Å². The molecular weight excluding hydrogens is 472 g/mol. The summed E-state index contributed by atoms with van der Waals surface area (Å²) < 4.78 is 5.67. The molecule has 2 amide bonds. The van der Waals surface area contributed by atoms with Gasteiger partial charge in [0, 0.05) is 13.1 Å². The first kappa shape index (κ1) is 33.3. The molecule has 1 aliphatic carbocycles. The van der Waals surface area contributed by atoms with Gasteiger partial charge in [-0.05, 0) is 57.0 Å². The van der Waals surface area contributed by atoms with Gasteiger partial charge in [-0.15, -0.1) is 0 Å². The van der Waals surface area contributed by atoms with Crippen LogP contribution < -0.4 is 5.73 Å². The monoisotopic (exact) mass is 526 g/mol. The third kappa shape index (κ3) is 12.1. The van der Waals surface area contributed by atoms with Crippen LogP contribution in [0.15, 0.2) is 0 Å². The molecule has 9 nitrogen and oxygen atoms in total. The number of aldehydes is 1. The van der Waals surface area contributed by atoms with Crippen molar-refractivity contribution in [3.63, 3.8) is 0 Å². The van der Waals surface area contributed by atoms with Crippen molar-refractivity contribution >= 4 is 18.3 Å². The van der Waals surface area contributed by atoms with E-state index in [0.29, 0.717) is 37.7 Å². The first-order valence-corrected chi connectivity index (χ1v) is 14.4. The number of hydrogen-bond donors (Lipinski definition) is 1. The second kappa shape index (κ2) is 18.5. The molecule has 0 spiro atoms. The molecule has 2 fully saturated rings. The number of rotatable bonds is 13. The number of hydrogen-bond acceptors (Lipinski definition) is 7. The summed E-state index contributed by atoms with van der Waals surface area (Å²) in [4.78, 5) is 47.2. The van der Waals surface area contributed by atoms with Gasteiger partial charge in [-0.3, -0.25) is 9.63 Å². The zero-order valence-corrected chi connectivity index (χ0v) is 24.3. The van der Waals surface area contributed by atoms with Gasteiger partial charge in [0.05, 0.1) is 13.2 Å². The smallest absolute Gasteiger partial charge is 0.436 e. The maximum absolute atomic E-state index is 13.1. The SMILES string of the molecule is CCC(C)CN(C)CC1N(CC=O)C(=O)C(CC(C)C)ON1C(=O)OCC1CCCCC1.CCCCN. The first-order valence-electron chi connectivity index (χ1n) is 14.4. The predicted octanol–water partition coefficient (Wildman–Crippen LogP) is 4.44. The Bertz CT molecular complexity index is 654. The van der Waals surface area contributed by atoms with Crippen LogP contribution in [-0.2, 0) is 19.2 Å². The molecule has 2 rings (SSSR count). The van der Waals surface area contributed by atoms with E-state index in [1.165, 1.54) is 42.1 Å². The molecule has 0 aromatic rings.